The molecule has 2 heterocycles. The molecule has 0 spiro atoms. The molecular weight excluding hydrogens is 265 g/mol. The van der Waals surface area contributed by atoms with Gasteiger partial charge in [-0.25, -0.2) is 14.2 Å². The van der Waals surface area contributed by atoms with Crippen molar-refractivity contribution in [3.05, 3.63) is 42.7 Å². The molecule has 1 aromatic heterocycles. The summed E-state index contributed by atoms with van der Waals surface area (Å²) in [6.07, 6.45) is 3.52. The lowest BCUT2D eigenvalue weighted by molar-refractivity contribution is 0.0963. The van der Waals surface area contributed by atoms with Crippen LogP contribution in [0.1, 0.15) is 0 Å². The summed E-state index contributed by atoms with van der Waals surface area (Å²) in [5.74, 6) is -0.472. The highest BCUT2D eigenvalue weighted by Crippen LogP contribution is 2.25. The van der Waals surface area contributed by atoms with Gasteiger partial charge in [0.2, 0.25) is 0 Å². The number of rotatable bonds is 3. The first-order chi connectivity index (χ1) is 9.69. The molecular formula is C13H12FN3O3. The van der Waals surface area contributed by atoms with Gasteiger partial charge in [-0.3, -0.25) is 4.90 Å². The summed E-state index contributed by atoms with van der Waals surface area (Å²) in [5, 5.41) is 8.98. The highest BCUT2D eigenvalue weighted by molar-refractivity contribution is 5.89. The number of ether oxygens (including phenoxy) is 1. The lowest BCUT2D eigenvalue weighted by Gasteiger charge is -2.14. The molecule has 20 heavy (non-hydrogen) atoms. The molecule has 0 bridgehead atoms. The minimum atomic E-state index is -0.584. The van der Waals surface area contributed by atoms with Gasteiger partial charge in [0, 0.05) is 12.4 Å². The number of carbonyl (C=O) groups excluding carboxylic acids is 1. The van der Waals surface area contributed by atoms with Crippen LogP contribution in [0.15, 0.2) is 36.9 Å². The molecule has 1 atom stereocenters. The Morgan fingerprint density at radius 3 is 2.95 bits per heavy atom. The lowest BCUT2D eigenvalue weighted by atomic mass is 10.2. The van der Waals surface area contributed by atoms with Crippen molar-refractivity contribution in [3.8, 4) is 5.69 Å². The van der Waals surface area contributed by atoms with Crippen molar-refractivity contribution in [3.63, 3.8) is 0 Å². The van der Waals surface area contributed by atoms with Gasteiger partial charge in [0.1, 0.15) is 11.9 Å². The van der Waals surface area contributed by atoms with Gasteiger partial charge < -0.3 is 14.4 Å². The summed E-state index contributed by atoms with van der Waals surface area (Å²) >= 11 is 0. The molecule has 104 valence electrons. The van der Waals surface area contributed by atoms with E-state index in [1.165, 1.54) is 21.9 Å². The molecule has 2 aromatic rings. The lowest BCUT2D eigenvalue weighted by Crippen LogP contribution is -2.25. The summed E-state index contributed by atoms with van der Waals surface area (Å²) in [6.45, 7) is -0.0446. The number of cyclic esters (lactones) is 1. The largest absolute Gasteiger partial charge is 0.441 e. The molecule has 1 aliphatic heterocycles. The minimum Gasteiger partial charge on any atom is -0.441 e. The number of nitrogens with zero attached hydrogens (tertiary/aromatic N) is 3. The molecule has 3 rings (SSSR count). The van der Waals surface area contributed by atoms with E-state index >= 15 is 0 Å². The second-order valence-corrected chi connectivity index (χ2v) is 4.40. The van der Waals surface area contributed by atoms with Gasteiger partial charge in [-0.15, -0.1) is 0 Å². The Kier molecular flexibility index (Phi) is 3.11. The third-order valence-electron chi connectivity index (χ3n) is 3.10. The molecule has 1 saturated heterocycles. The molecule has 1 N–H and O–H groups in total. The van der Waals surface area contributed by atoms with Crippen molar-refractivity contribution in [2.24, 2.45) is 0 Å². The van der Waals surface area contributed by atoms with Crippen LogP contribution in [0.4, 0.5) is 14.9 Å². The van der Waals surface area contributed by atoms with Crippen LogP contribution < -0.4 is 4.90 Å². The summed E-state index contributed by atoms with van der Waals surface area (Å²) in [4.78, 5) is 16.8. The Morgan fingerprint density at radius 2 is 2.35 bits per heavy atom. The third kappa shape index (κ3) is 2.12. The van der Waals surface area contributed by atoms with E-state index in [1.807, 2.05) is 0 Å². The summed E-state index contributed by atoms with van der Waals surface area (Å²) in [6, 6.07) is 4.45. The van der Waals surface area contributed by atoms with E-state index in [2.05, 4.69) is 4.98 Å². The highest BCUT2D eigenvalue weighted by atomic mass is 19.1. The third-order valence-corrected chi connectivity index (χ3v) is 3.10. The van der Waals surface area contributed by atoms with Gasteiger partial charge in [0.05, 0.1) is 30.9 Å². The number of hydrogen-bond acceptors (Lipinski definition) is 4. The number of halogens is 1. The van der Waals surface area contributed by atoms with Gasteiger partial charge in [0.25, 0.3) is 0 Å². The zero-order valence-corrected chi connectivity index (χ0v) is 10.4. The Labute approximate surface area is 114 Å². The quantitative estimate of drug-likeness (QED) is 0.919. The van der Waals surface area contributed by atoms with Crippen molar-refractivity contribution in [1.29, 1.82) is 0 Å². The fourth-order valence-electron chi connectivity index (χ4n) is 2.10. The molecule has 7 heteroatoms. The standard InChI is InChI=1S/C13H12FN3O3/c14-11-5-9(17-6-10(7-18)20-13(17)19)1-2-12(11)16-4-3-15-8-16/h1-5,8,10,18H,6-7H2/t10-/m0/s1. The number of imidazole rings is 1. The van der Waals surface area contributed by atoms with Crippen molar-refractivity contribution >= 4 is 11.8 Å². The van der Waals surface area contributed by atoms with Gasteiger partial charge in [-0.05, 0) is 18.2 Å². The van der Waals surface area contributed by atoms with Crippen LogP contribution in [-0.2, 0) is 4.74 Å². The predicted octanol–water partition coefficient (Wildman–Crippen LogP) is 1.33. The van der Waals surface area contributed by atoms with Crippen LogP contribution >= 0.6 is 0 Å². The van der Waals surface area contributed by atoms with Crippen LogP contribution in [0.3, 0.4) is 0 Å². The second kappa shape index (κ2) is 4.93. The van der Waals surface area contributed by atoms with Crippen LogP contribution in [0.25, 0.3) is 5.69 Å². The number of aliphatic hydroxyl groups is 1. The monoisotopic (exact) mass is 277 g/mol. The number of amides is 1. The zero-order valence-electron chi connectivity index (χ0n) is 10.4. The van der Waals surface area contributed by atoms with E-state index in [0.29, 0.717) is 11.4 Å². The summed E-state index contributed by atoms with van der Waals surface area (Å²) < 4.78 is 20.6. The SMILES string of the molecule is O=C1O[C@H](CO)CN1c1ccc(-n2ccnc2)c(F)c1. The zero-order chi connectivity index (χ0) is 14.1. The van der Waals surface area contributed by atoms with Crippen LogP contribution in [0, 0.1) is 5.82 Å². The molecule has 6 nitrogen and oxygen atoms in total. The molecule has 0 saturated carbocycles. The van der Waals surface area contributed by atoms with Gasteiger partial charge in [-0.1, -0.05) is 0 Å². The Bertz CT molecular complexity index is 630. The fourth-order valence-corrected chi connectivity index (χ4v) is 2.10. The first-order valence-corrected chi connectivity index (χ1v) is 6.06. The Hall–Kier alpha value is -2.41. The number of hydrogen-bond donors (Lipinski definition) is 1. The average molecular weight is 277 g/mol. The highest BCUT2D eigenvalue weighted by Gasteiger charge is 2.32. The Morgan fingerprint density at radius 1 is 1.50 bits per heavy atom. The topological polar surface area (TPSA) is 67.6 Å². The average Bonchev–Trinajstić information content (AvgIpc) is 3.07. The van der Waals surface area contributed by atoms with E-state index in [1.54, 1.807) is 24.5 Å². The Balaban J connectivity index is 1.89. The first-order valence-electron chi connectivity index (χ1n) is 6.06. The van der Waals surface area contributed by atoms with Crippen LogP contribution in [-0.4, -0.2) is 40.0 Å². The van der Waals surface area contributed by atoms with E-state index in [4.69, 9.17) is 9.84 Å². The van der Waals surface area contributed by atoms with Crippen molar-refractivity contribution < 1.29 is 19.0 Å². The first kappa shape index (κ1) is 12.6. The maximum absolute atomic E-state index is 14.1. The molecule has 1 aliphatic rings. The van der Waals surface area contributed by atoms with Gasteiger partial charge in [-0.2, -0.15) is 0 Å². The molecule has 1 aromatic carbocycles. The number of carbonyl (C=O) groups is 1. The molecule has 0 unspecified atom stereocenters. The smallest absolute Gasteiger partial charge is 0.414 e. The maximum Gasteiger partial charge on any atom is 0.414 e. The van der Waals surface area contributed by atoms with E-state index < -0.39 is 18.0 Å². The van der Waals surface area contributed by atoms with Gasteiger partial charge in [0.15, 0.2) is 0 Å². The summed E-state index contributed by atoms with van der Waals surface area (Å²) in [5.41, 5.74) is 0.741. The number of anilines is 1. The van der Waals surface area contributed by atoms with Crippen LogP contribution in [0.5, 0.6) is 0 Å². The van der Waals surface area contributed by atoms with E-state index in [-0.39, 0.29) is 13.2 Å². The molecule has 1 fully saturated rings. The van der Waals surface area contributed by atoms with Crippen molar-refractivity contribution in [2.45, 2.75) is 6.10 Å². The maximum atomic E-state index is 14.1. The van der Waals surface area contributed by atoms with Crippen molar-refractivity contribution in [2.75, 3.05) is 18.1 Å². The van der Waals surface area contributed by atoms with E-state index in [9.17, 15) is 9.18 Å². The molecule has 1 amide bonds. The minimum absolute atomic E-state index is 0.208. The number of aromatic nitrogens is 2. The normalized spacial score (nSPS) is 18.4. The molecule has 0 aliphatic carbocycles. The summed E-state index contributed by atoms with van der Waals surface area (Å²) in [7, 11) is 0. The van der Waals surface area contributed by atoms with E-state index in [0.717, 1.165) is 0 Å². The molecule has 0 radical (unpaired) electrons. The van der Waals surface area contributed by atoms with Crippen LogP contribution in [0.2, 0.25) is 0 Å². The number of benzene rings is 1. The van der Waals surface area contributed by atoms with Gasteiger partial charge >= 0.3 is 6.09 Å². The fraction of sp³-hybridized carbons (Fsp3) is 0.231. The second-order valence-electron chi connectivity index (χ2n) is 4.40. The number of aliphatic hydroxyl groups excluding tert-OH is 1. The van der Waals surface area contributed by atoms with Crippen molar-refractivity contribution in [1.82, 2.24) is 9.55 Å². The predicted molar refractivity (Wildman–Crippen MR) is 68.2 cm³/mol.